The van der Waals surface area contributed by atoms with Crippen molar-refractivity contribution in [1.82, 2.24) is 14.5 Å². The summed E-state index contributed by atoms with van der Waals surface area (Å²) in [5.41, 5.74) is 0. The first-order valence-electron chi connectivity index (χ1n) is 7.34. The lowest BCUT2D eigenvalue weighted by molar-refractivity contribution is -0.140. The quantitative estimate of drug-likeness (QED) is 0.790. The molecule has 2 fully saturated rings. The molecule has 110 valence electrons. The molecule has 1 amide bonds. The number of aryl methyl sites for hydroxylation is 1. The van der Waals surface area contributed by atoms with Gasteiger partial charge < -0.3 is 19.1 Å². The Hall–Kier alpha value is -1.56. The van der Waals surface area contributed by atoms with Crippen molar-refractivity contribution >= 4 is 11.9 Å². The molecule has 3 heterocycles. The molecule has 0 unspecified atom stereocenters. The molecule has 1 aromatic heterocycles. The zero-order valence-electron chi connectivity index (χ0n) is 12.0. The standard InChI is InChI=1S/C14H22N4O2/c1-16-5-4-15-14(16)18-8-6-17(7-9-18)13(19)12-3-2-10-20-11-12/h4-5,12H,2-3,6-11H2,1H3/t12-/m1/s1. The van der Waals surface area contributed by atoms with Gasteiger partial charge in [0.2, 0.25) is 11.9 Å². The Morgan fingerprint density at radius 2 is 2.15 bits per heavy atom. The summed E-state index contributed by atoms with van der Waals surface area (Å²) in [5.74, 6) is 1.32. The van der Waals surface area contributed by atoms with Crippen LogP contribution < -0.4 is 4.90 Å². The number of carbonyl (C=O) groups is 1. The van der Waals surface area contributed by atoms with Crippen molar-refractivity contribution in [3.8, 4) is 0 Å². The lowest BCUT2D eigenvalue weighted by Gasteiger charge is -2.37. The van der Waals surface area contributed by atoms with Gasteiger partial charge in [0.05, 0.1) is 12.5 Å². The second kappa shape index (κ2) is 5.83. The molecule has 2 aliphatic rings. The van der Waals surface area contributed by atoms with Crippen LogP contribution in [0.2, 0.25) is 0 Å². The van der Waals surface area contributed by atoms with Crippen LogP contribution in [-0.2, 0) is 16.6 Å². The van der Waals surface area contributed by atoms with Crippen molar-refractivity contribution in [3.63, 3.8) is 0 Å². The Kier molecular flexibility index (Phi) is 3.91. The number of anilines is 1. The molecule has 6 heteroatoms. The molecule has 6 nitrogen and oxygen atoms in total. The molecular formula is C14H22N4O2. The third-order valence-corrected chi connectivity index (χ3v) is 4.18. The Balaban J connectivity index is 1.55. The average molecular weight is 278 g/mol. The van der Waals surface area contributed by atoms with Gasteiger partial charge in [-0.05, 0) is 12.8 Å². The predicted octanol–water partition coefficient (Wildman–Crippen LogP) is 0.495. The minimum Gasteiger partial charge on any atom is -0.381 e. The molecule has 3 rings (SSSR count). The van der Waals surface area contributed by atoms with E-state index in [1.165, 1.54) is 0 Å². The van der Waals surface area contributed by atoms with Gasteiger partial charge in [0.25, 0.3) is 0 Å². The van der Waals surface area contributed by atoms with Gasteiger partial charge in [-0.2, -0.15) is 0 Å². The van der Waals surface area contributed by atoms with Gasteiger partial charge in [0, 0.05) is 52.2 Å². The Bertz CT molecular complexity index is 459. The first kappa shape index (κ1) is 13.4. The number of rotatable bonds is 2. The lowest BCUT2D eigenvalue weighted by atomic mass is 10.0. The number of hydrogen-bond acceptors (Lipinski definition) is 4. The first-order chi connectivity index (χ1) is 9.75. The summed E-state index contributed by atoms with van der Waals surface area (Å²) >= 11 is 0. The average Bonchev–Trinajstić information content (AvgIpc) is 2.94. The summed E-state index contributed by atoms with van der Waals surface area (Å²) in [5, 5.41) is 0. The van der Waals surface area contributed by atoms with Crippen LogP contribution in [-0.4, -0.2) is 59.8 Å². The highest BCUT2D eigenvalue weighted by atomic mass is 16.5. The second-order valence-corrected chi connectivity index (χ2v) is 5.56. The first-order valence-corrected chi connectivity index (χ1v) is 7.34. The number of imidazole rings is 1. The molecule has 0 saturated carbocycles. The highest BCUT2D eigenvalue weighted by Gasteiger charge is 2.29. The van der Waals surface area contributed by atoms with Crippen molar-refractivity contribution in [1.29, 1.82) is 0 Å². The van der Waals surface area contributed by atoms with E-state index in [2.05, 4.69) is 9.88 Å². The van der Waals surface area contributed by atoms with E-state index < -0.39 is 0 Å². The van der Waals surface area contributed by atoms with E-state index in [9.17, 15) is 4.79 Å². The van der Waals surface area contributed by atoms with Gasteiger partial charge in [-0.25, -0.2) is 4.98 Å². The number of aromatic nitrogens is 2. The van der Waals surface area contributed by atoms with E-state index in [0.29, 0.717) is 6.61 Å². The molecule has 1 aromatic rings. The molecule has 0 N–H and O–H groups in total. The largest absolute Gasteiger partial charge is 0.381 e. The predicted molar refractivity (Wildman–Crippen MR) is 75.5 cm³/mol. The van der Waals surface area contributed by atoms with Gasteiger partial charge in [-0.15, -0.1) is 0 Å². The monoisotopic (exact) mass is 278 g/mol. The minimum atomic E-state index is 0.0726. The molecular weight excluding hydrogens is 256 g/mol. The molecule has 0 spiro atoms. The van der Waals surface area contributed by atoms with Crippen molar-refractivity contribution in [2.75, 3.05) is 44.3 Å². The van der Waals surface area contributed by atoms with Crippen molar-refractivity contribution < 1.29 is 9.53 Å². The normalized spacial score (nSPS) is 23.9. The highest BCUT2D eigenvalue weighted by Crippen LogP contribution is 2.19. The Morgan fingerprint density at radius 1 is 1.35 bits per heavy atom. The summed E-state index contributed by atoms with van der Waals surface area (Å²) in [4.78, 5) is 21.0. The number of carbonyl (C=O) groups excluding carboxylic acids is 1. The zero-order chi connectivity index (χ0) is 13.9. The summed E-state index contributed by atoms with van der Waals surface area (Å²) in [6.07, 6.45) is 5.74. The fourth-order valence-corrected chi connectivity index (χ4v) is 2.98. The summed E-state index contributed by atoms with van der Waals surface area (Å²) < 4.78 is 7.44. The maximum Gasteiger partial charge on any atom is 0.228 e. The van der Waals surface area contributed by atoms with Gasteiger partial charge in [-0.1, -0.05) is 0 Å². The van der Waals surface area contributed by atoms with Gasteiger partial charge in [0.1, 0.15) is 0 Å². The van der Waals surface area contributed by atoms with Crippen LogP contribution in [0.3, 0.4) is 0 Å². The van der Waals surface area contributed by atoms with Crippen molar-refractivity contribution in [3.05, 3.63) is 12.4 Å². The SMILES string of the molecule is Cn1ccnc1N1CCN(C(=O)[C@@H]2CCCOC2)CC1. The topological polar surface area (TPSA) is 50.6 Å². The number of hydrogen-bond donors (Lipinski definition) is 0. The van der Waals surface area contributed by atoms with E-state index in [4.69, 9.17) is 4.74 Å². The van der Waals surface area contributed by atoms with Crippen LogP contribution >= 0.6 is 0 Å². The molecule has 2 aliphatic heterocycles. The number of nitrogens with zero attached hydrogens (tertiary/aromatic N) is 4. The molecule has 20 heavy (non-hydrogen) atoms. The van der Waals surface area contributed by atoms with Gasteiger partial charge in [-0.3, -0.25) is 4.79 Å². The highest BCUT2D eigenvalue weighted by molar-refractivity contribution is 5.79. The summed E-state index contributed by atoms with van der Waals surface area (Å²) in [6.45, 7) is 4.66. The summed E-state index contributed by atoms with van der Waals surface area (Å²) in [7, 11) is 2.00. The number of piperazine rings is 1. The molecule has 2 saturated heterocycles. The van der Waals surface area contributed by atoms with E-state index in [0.717, 1.165) is 51.6 Å². The molecule has 0 aromatic carbocycles. The van der Waals surface area contributed by atoms with E-state index in [1.54, 1.807) is 0 Å². The molecule has 0 radical (unpaired) electrons. The van der Waals surface area contributed by atoms with Crippen LogP contribution in [0.1, 0.15) is 12.8 Å². The van der Waals surface area contributed by atoms with E-state index in [1.807, 2.05) is 28.9 Å². The summed E-state index contributed by atoms with van der Waals surface area (Å²) in [6, 6.07) is 0. The van der Waals surface area contributed by atoms with Crippen LogP contribution in [0.25, 0.3) is 0 Å². The lowest BCUT2D eigenvalue weighted by Crippen LogP contribution is -2.51. The third-order valence-electron chi connectivity index (χ3n) is 4.18. The maximum absolute atomic E-state index is 12.4. The number of ether oxygens (including phenoxy) is 1. The van der Waals surface area contributed by atoms with Crippen LogP contribution in [0.4, 0.5) is 5.95 Å². The smallest absolute Gasteiger partial charge is 0.228 e. The van der Waals surface area contributed by atoms with Crippen LogP contribution in [0.5, 0.6) is 0 Å². The van der Waals surface area contributed by atoms with Crippen LogP contribution in [0.15, 0.2) is 12.4 Å². The molecule has 0 aliphatic carbocycles. The Labute approximate surface area is 119 Å². The zero-order valence-corrected chi connectivity index (χ0v) is 12.0. The minimum absolute atomic E-state index is 0.0726. The van der Waals surface area contributed by atoms with Crippen LogP contribution in [0, 0.1) is 5.92 Å². The van der Waals surface area contributed by atoms with Crippen molar-refractivity contribution in [2.45, 2.75) is 12.8 Å². The second-order valence-electron chi connectivity index (χ2n) is 5.56. The van der Waals surface area contributed by atoms with Gasteiger partial charge >= 0.3 is 0 Å². The van der Waals surface area contributed by atoms with Crippen molar-refractivity contribution in [2.24, 2.45) is 13.0 Å². The maximum atomic E-state index is 12.4. The van der Waals surface area contributed by atoms with Gasteiger partial charge in [0.15, 0.2) is 0 Å². The Morgan fingerprint density at radius 3 is 2.75 bits per heavy atom. The van der Waals surface area contributed by atoms with E-state index >= 15 is 0 Å². The van der Waals surface area contributed by atoms with E-state index in [-0.39, 0.29) is 11.8 Å². The fraction of sp³-hybridized carbons (Fsp3) is 0.714. The fourth-order valence-electron chi connectivity index (χ4n) is 2.98. The molecule has 1 atom stereocenters. The third kappa shape index (κ3) is 2.65. The number of amides is 1. The molecule has 0 bridgehead atoms.